The molecular formula is C16H17N3O3. The van der Waals surface area contributed by atoms with Crippen molar-refractivity contribution in [3.8, 4) is 11.5 Å². The maximum absolute atomic E-state index is 11.5. The van der Waals surface area contributed by atoms with Crippen LogP contribution < -0.4 is 20.1 Å². The van der Waals surface area contributed by atoms with Gasteiger partial charge < -0.3 is 20.1 Å². The molecule has 114 valence electrons. The number of fused-ring (bicyclic) bond motifs is 1. The van der Waals surface area contributed by atoms with E-state index in [1.165, 1.54) is 0 Å². The number of aromatic nitrogens is 1. The van der Waals surface area contributed by atoms with E-state index in [1.54, 1.807) is 18.3 Å². The first-order valence-electron chi connectivity index (χ1n) is 6.99. The number of ether oxygens (including phenoxy) is 2. The highest BCUT2D eigenvalue weighted by atomic mass is 16.6. The summed E-state index contributed by atoms with van der Waals surface area (Å²) in [6.45, 7) is 1.70. The highest BCUT2D eigenvalue weighted by Gasteiger charge is 2.15. The Kier molecular flexibility index (Phi) is 3.82. The van der Waals surface area contributed by atoms with Crippen LogP contribution in [0.25, 0.3) is 0 Å². The van der Waals surface area contributed by atoms with E-state index in [0.29, 0.717) is 31.1 Å². The van der Waals surface area contributed by atoms with Crippen molar-refractivity contribution in [3.05, 3.63) is 47.7 Å². The fourth-order valence-electron chi connectivity index (χ4n) is 2.43. The van der Waals surface area contributed by atoms with Crippen molar-refractivity contribution in [2.45, 2.75) is 6.54 Å². The number of pyridine rings is 1. The summed E-state index contributed by atoms with van der Waals surface area (Å²) in [7, 11) is 1.87. The molecule has 0 saturated heterocycles. The van der Waals surface area contributed by atoms with Gasteiger partial charge in [-0.25, -0.2) is 4.98 Å². The Morgan fingerprint density at radius 2 is 2.05 bits per heavy atom. The summed E-state index contributed by atoms with van der Waals surface area (Å²) in [4.78, 5) is 17.6. The number of amides is 1. The second kappa shape index (κ2) is 5.93. The third kappa shape index (κ3) is 2.81. The van der Waals surface area contributed by atoms with Gasteiger partial charge in [0, 0.05) is 19.8 Å². The number of anilines is 1. The van der Waals surface area contributed by atoms with Crippen LogP contribution in [0.3, 0.4) is 0 Å². The Labute approximate surface area is 128 Å². The van der Waals surface area contributed by atoms with Gasteiger partial charge in [0.15, 0.2) is 11.5 Å². The van der Waals surface area contributed by atoms with Gasteiger partial charge in [0.25, 0.3) is 5.91 Å². The Hall–Kier alpha value is -2.76. The minimum absolute atomic E-state index is 0.405. The standard InChI is InChI=1S/C16H17N3O3/c1-19(16-12(15(17)20)3-2-6-18-16)10-11-4-5-13-14(9-11)22-8-7-21-13/h2-6,9H,7-8,10H2,1H3,(H2,17,20). The van der Waals surface area contributed by atoms with Gasteiger partial charge in [0.1, 0.15) is 19.0 Å². The first-order valence-corrected chi connectivity index (χ1v) is 6.99. The third-order valence-corrected chi connectivity index (χ3v) is 3.44. The molecule has 0 saturated carbocycles. The Bertz CT molecular complexity index is 703. The van der Waals surface area contributed by atoms with E-state index in [9.17, 15) is 4.79 Å². The number of nitrogens with zero attached hydrogens (tertiary/aromatic N) is 2. The zero-order chi connectivity index (χ0) is 15.5. The van der Waals surface area contributed by atoms with E-state index < -0.39 is 5.91 Å². The summed E-state index contributed by atoms with van der Waals surface area (Å²) in [5.74, 6) is 1.57. The van der Waals surface area contributed by atoms with E-state index in [0.717, 1.165) is 17.1 Å². The van der Waals surface area contributed by atoms with Crippen LogP contribution >= 0.6 is 0 Å². The molecule has 0 fully saturated rings. The SMILES string of the molecule is CN(Cc1ccc2c(c1)OCCO2)c1ncccc1C(N)=O. The summed E-state index contributed by atoms with van der Waals surface area (Å²) in [5, 5.41) is 0. The van der Waals surface area contributed by atoms with Crippen molar-refractivity contribution in [1.82, 2.24) is 4.98 Å². The van der Waals surface area contributed by atoms with Crippen LogP contribution in [0.1, 0.15) is 15.9 Å². The zero-order valence-corrected chi connectivity index (χ0v) is 12.3. The third-order valence-electron chi connectivity index (χ3n) is 3.44. The van der Waals surface area contributed by atoms with E-state index >= 15 is 0 Å². The van der Waals surface area contributed by atoms with E-state index in [-0.39, 0.29) is 0 Å². The Balaban J connectivity index is 1.83. The van der Waals surface area contributed by atoms with Gasteiger partial charge in [0.05, 0.1) is 5.56 Å². The number of hydrogen-bond donors (Lipinski definition) is 1. The highest BCUT2D eigenvalue weighted by Crippen LogP contribution is 2.31. The highest BCUT2D eigenvalue weighted by molar-refractivity contribution is 5.97. The molecule has 1 aliphatic rings. The average molecular weight is 299 g/mol. The normalized spacial score (nSPS) is 12.8. The number of hydrogen-bond acceptors (Lipinski definition) is 5. The predicted octanol–water partition coefficient (Wildman–Crippen LogP) is 1.59. The van der Waals surface area contributed by atoms with Crippen LogP contribution in [-0.2, 0) is 6.54 Å². The molecule has 2 heterocycles. The predicted molar refractivity (Wildman–Crippen MR) is 82.3 cm³/mol. The molecule has 0 aliphatic carbocycles. The first-order chi connectivity index (χ1) is 10.6. The minimum atomic E-state index is -0.489. The van der Waals surface area contributed by atoms with Gasteiger partial charge in [-0.1, -0.05) is 6.07 Å². The summed E-state index contributed by atoms with van der Waals surface area (Å²) in [6.07, 6.45) is 1.64. The lowest BCUT2D eigenvalue weighted by atomic mass is 10.1. The second-order valence-electron chi connectivity index (χ2n) is 5.07. The molecule has 1 aromatic carbocycles. The largest absolute Gasteiger partial charge is 0.486 e. The van der Waals surface area contributed by atoms with Crippen LogP contribution in [0.2, 0.25) is 0 Å². The van der Waals surface area contributed by atoms with Crippen molar-refractivity contribution in [2.24, 2.45) is 5.73 Å². The summed E-state index contributed by atoms with van der Waals surface area (Å²) in [6, 6.07) is 9.17. The molecule has 6 nitrogen and oxygen atoms in total. The monoisotopic (exact) mass is 299 g/mol. The molecule has 1 aromatic heterocycles. The van der Waals surface area contributed by atoms with Crippen molar-refractivity contribution in [2.75, 3.05) is 25.2 Å². The van der Waals surface area contributed by atoms with Crippen LogP contribution in [-0.4, -0.2) is 31.2 Å². The average Bonchev–Trinajstić information content (AvgIpc) is 2.54. The maximum atomic E-state index is 11.5. The van der Waals surface area contributed by atoms with Crippen LogP contribution in [0, 0.1) is 0 Å². The van der Waals surface area contributed by atoms with Crippen LogP contribution in [0.15, 0.2) is 36.5 Å². The summed E-state index contributed by atoms with van der Waals surface area (Å²) >= 11 is 0. The van der Waals surface area contributed by atoms with Crippen molar-refractivity contribution < 1.29 is 14.3 Å². The molecule has 1 amide bonds. The minimum Gasteiger partial charge on any atom is -0.486 e. The molecule has 0 spiro atoms. The van der Waals surface area contributed by atoms with Crippen molar-refractivity contribution in [1.29, 1.82) is 0 Å². The number of nitrogens with two attached hydrogens (primary N) is 1. The smallest absolute Gasteiger partial charge is 0.252 e. The van der Waals surface area contributed by atoms with E-state index in [2.05, 4.69) is 4.98 Å². The lowest BCUT2D eigenvalue weighted by Crippen LogP contribution is -2.23. The number of benzene rings is 1. The van der Waals surface area contributed by atoms with Crippen molar-refractivity contribution >= 4 is 11.7 Å². The lowest BCUT2D eigenvalue weighted by Gasteiger charge is -2.22. The molecule has 0 unspecified atom stereocenters. The lowest BCUT2D eigenvalue weighted by molar-refractivity contribution is 0.100. The topological polar surface area (TPSA) is 77.7 Å². The molecule has 0 radical (unpaired) electrons. The fourth-order valence-corrected chi connectivity index (χ4v) is 2.43. The molecule has 1 aliphatic heterocycles. The van der Waals surface area contributed by atoms with Crippen LogP contribution in [0.4, 0.5) is 5.82 Å². The van der Waals surface area contributed by atoms with Gasteiger partial charge in [-0.2, -0.15) is 0 Å². The number of rotatable bonds is 4. The Morgan fingerprint density at radius 3 is 2.82 bits per heavy atom. The number of primary amides is 1. The molecule has 3 rings (SSSR count). The van der Waals surface area contributed by atoms with Gasteiger partial charge in [0.2, 0.25) is 0 Å². The summed E-state index contributed by atoms with van der Waals surface area (Å²) < 4.78 is 11.1. The van der Waals surface area contributed by atoms with Gasteiger partial charge in [-0.05, 0) is 29.8 Å². The van der Waals surface area contributed by atoms with Gasteiger partial charge in [-0.3, -0.25) is 4.79 Å². The summed E-state index contributed by atoms with van der Waals surface area (Å²) in [5.41, 5.74) is 6.83. The van der Waals surface area contributed by atoms with Gasteiger partial charge >= 0.3 is 0 Å². The van der Waals surface area contributed by atoms with Crippen LogP contribution in [0.5, 0.6) is 11.5 Å². The second-order valence-corrected chi connectivity index (χ2v) is 5.07. The maximum Gasteiger partial charge on any atom is 0.252 e. The van der Waals surface area contributed by atoms with E-state index in [4.69, 9.17) is 15.2 Å². The molecule has 0 bridgehead atoms. The van der Waals surface area contributed by atoms with Crippen molar-refractivity contribution in [3.63, 3.8) is 0 Å². The molecule has 22 heavy (non-hydrogen) atoms. The molecule has 2 N–H and O–H groups in total. The Morgan fingerprint density at radius 1 is 1.27 bits per heavy atom. The first kappa shape index (κ1) is 14.2. The molecule has 6 heteroatoms. The molecule has 2 aromatic rings. The number of carbonyl (C=O) groups excluding carboxylic acids is 1. The molecule has 0 atom stereocenters. The van der Waals surface area contributed by atoms with E-state index in [1.807, 2.05) is 30.1 Å². The fraction of sp³-hybridized carbons (Fsp3) is 0.250. The quantitative estimate of drug-likeness (QED) is 0.927. The zero-order valence-electron chi connectivity index (χ0n) is 12.3. The molecular weight excluding hydrogens is 282 g/mol. The van der Waals surface area contributed by atoms with Gasteiger partial charge in [-0.15, -0.1) is 0 Å². The number of carbonyl (C=O) groups is 1.